The summed E-state index contributed by atoms with van der Waals surface area (Å²) in [5, 5.41) is 10.4. The van der Waals surface area contributed by atoms with Gasteiger partial charge in [0.1, 0.15) is 0 Å². The van der Waals surface area contributed by atoms with Crippen molar-refractivity contribution in [1.29, 1.82) is 0 Å². The second-order valence-corrected chi connectivity index (χ2v) is 8.02. The van der Waals surface area contributed by atoms with Crippen molar-refractivity contribution in [2.45, 2.75) is 11.7 Å². The molecule has 0 bridgehead atoms. The number of hydrogen-bond donors (Lipinski definition) is 1. The average molecular weight is 426 g/mol. The van der Waals surface area contributed by atoms with Crippen molar-refractivity contribution in [2.24, 2.45) is 0 Å². The van der Waals surface area contributed by atoms with Crippen LogP contribution in [0.4, 0.5) is 0 Å². The molecule has 31 heavy (non-hydrogen) atoms. The Kier molecular flexibility index (Phi) is 5.33. The van der Waals surface area contributed by atoms with Crippen LogP contribution in [0.3, 0.4) is 0 Å². The molecule has 6 nitrogen and oxygen atoms in total. The molecule has 0 fully saturated rings. The van der Waals surface area contributed by atoms with Gasteiger partial charge in [-0.15, -0.1) is 10.2 Å². The van der Waals surface area contributed by atoms with Crippen LogP contribution in [-0.4, -0.2) is 36.3 Å². The molecule has 7 heteroatoms. The van der Waals surface area contributed by atoms with Crippen LogP contribution in [0.2, 0.25) is 0 Å². The molecule has 3 aromatic heterocycles. The van der Waals surface area contributed by atoms with Gasteiger partial charge in [-0.2, -0.15) is 0 Å². The number of nitrogens with zero attached hydrogens (tertiary/aromatic N) is 4. The molecular weight excluding hydrogens is 406 g/mol. The van der Waals surface area contributed by atoms with Gasteiger partial charge in [0.25, 0.3) is 0 Å². The lowest BCUT2D eigenvalue weighted by atomic mass is 10.1. The zero-order valence-electron chi connectivity index (χ0n) is 16.6. The van der Waals surface area contributed by atoms with Crippen LogP contribution < -0.4 is 0 Å². The predicted octanol–water partition coefficient (Wildman–Crippen LogP) is 4.84. The molecule has 152 valence electrons. The number of Topliss-reactive ketones (excluding diaryl/α,β-unsaturated/α-hetero) is 1. The summed E-state index contributed by atoms with van der Waals surface area (Å²) in [7, 11) is 0. The number of benzene rings is 2. The normalized spacial score (nSPS) is 11.1. The standard InChI is InChI=1S/C24H19N5OS/c30-22(20-14-26-21-11-5-4-10-19(20)21)16-31-24-28-27-23(18-9-6-12-25-13-18)29(24)15-17-7-2-1-3-8-17/h1-14,26H,15-16H2. The average Bonchev–Trinajstić information content (AvgIpc) is 3.43. The molecular formula is C24H19N5OS. The van der Waals surface area contributed by atoms with E-state index in [2.05, 4.69) is 32.3 Å². The van der Waals surface area contributed by atoms with E-state index >= 15 is 0 Å². The van der Waals surface area contributed by atoms with Gasteiger partial charge in [-0.3, -0.25) is 14.3 Å². The Bertz CT molecular complexity index is 1330. The highest BCUT2D eigenvalue weighted by atomic mass is 32.2. The topological polar surface area (TPSA) is 76.5 Å². The Morgan fingerprint density at radius 2 is 1.81 bits per heavy atom. The highest BCUT2D eigenvalue weighted by molar-refractivity contribution is 7.99. The van der Waals surface area contributed by atoms with Gasteiger partial charge in [-0.25, -0.2) is 0 Å². The van der Waals surface area contributed by atoms with Crippen LogP contribution in [0.5, 0.6) is 0 Å². The number of carbonyl (C=O) groups is 1. The van der Waals surface area contributed by atoms with Gasteiger partial charge >= 0.3 is 0 Å². The Morgan fingerprint density at radius 3 is 2.65 bits per heavy atom. The van der Waals surface area contributed by atoms with Crippen LogP contribution in [0.1, 0.15) is 15.9 Å². The van der Waals surface area contributed by atoms with Gasteiger partial charge in [0, 0.05) is 40.6 Å². The summed E-state index contributed by atoms with van der Waals surface area (Å²) in [5.74, 6) is 1.07. The number of carbonyl (C=O) groups excluding carboxylic acids is 1. The molecule has 0 amide bonds. The fourth-order valence-electron chi connectivity index (χ4n) is 3.52. The third kappa shape index (κ3) is 4.00. The van der Waals surface area contributed by atoms with Crippen molar-refractivity contribution >= 4 is 28.4 Å². The molecule has 0 aliphatic heterocycles. The number of H-pyrrole nitrogens is 1. The fraction of sp³-hybridized carbons (Fsp3) is 0.0833. The highest BCUT2D eigenvalue weighted by Gasteiger charge is 2.18. The van der Waals surface area contributed by atoms with Crippen molar-refractivity contribution in [2.75, 3.05) is 5.75 Å². The van der Waals surface area contributed by atoms with E-state index in [1.165, 1.54) is 11.8 Å². The minimum atomic E-state index is 0.0552. The van der Waals surface area contributed by atoms with Gasteiger partial charge < -0.3 is 4.98 Å². The fourth-order valence-corrected chi connectivity index (χ4v) is 4.34. The zero-order valence-corrected chi connectivity index (χ0v) is 17.4. The van der Waals surface area contributed by atoms with Crippen molar-refractivity contribution in [3.63, 3.8) is 0 Å². The Balaban J connectivity index is 1.43. The first-order valence-corrected chi connectivity index (χ1v) is 10.9. The van der Waals surface area contributed by atoms with E-state index in [1.807, 2.05) is 59.2 Å². The molecule has 5 rings (SSSR count). The number of hydrogen-bond acceptors (Lipinski definition) is 5. The lowest BCUT2D eigenvalue weighted by Crippen LogP contribution is -2.07. The van der Waals surface area contributed by atoms with E-state index in [-0.39, 0.29) is 11.5 Å². The maximum absolute atomic E-state index is 12.9. The number of fused-ring (bicyclic) bond motifs is 1. The third-order valence-electron chi connectivity index (χ3n) is 5.04. The summed E-state index contributed by atoms with van der Waals surface area (Å²) in [6, 6.07) is 21.8. The first-order valence-electron chi connectivity index (χ1n) is 9.89. The van der Waals surface area contributed by atoms with Gasteiger partial charge in [0.2, 0.25) is 0 Å². The van der Waals surface area contributed by atoms with E-state index in [0.717, 1.165) is 27.9 Å². The number of aromatic nitrogens is 5. The molecule has 1 N–H and O–H groups in total. The molecule has 0 spiro atoms. The van der Waals surface area contributed by atoms with Gasteiger partial charge in [0.15, 0.2) is 16.8 Å². The number of pyridine rings is 1. The first-order chi connectivity index (χ1) is 15.3. The molecule has 0 atom stereocenters. The number of rotatable bonds is 7. The van der Waals surface area contributed by atoms with Crippen LogP contribution in [0.25, 0.3) is 22.3 Å². The zero-order chi connectivity index (χ0) is 21.0. The maximum atomic E-state index is 12.9. The molecule has 0 aliphatic carbocycles. The van der Waals surface area contributed by atoms with E-state index in [9.17, 15) is 4.79 Å². The highest BCUT2D eigenvalue weighted by Crippen LogP contribution is 2.26. The monoisotopic (exact) mass is 425 g/mol. The van der Waals surface area contributed by atoms with Gasteiger partial charge in [-0.1, -0.05) is 60.3 Å². The van der Waals surface area contributed by atoms with Crippen molar-refractivity contribution in [3.05, 3.63) is 96.4 Å². The number of thioether (sulfide) groups is 1. The van der Waals surface area contributed by atoms with Gasteiger partial charge in [0.05, 0.1) is 12.3 Å². The molecule has 5 aromatic rings. The first kappa shape index (κ1) is 19.3. The second kappa shape index (κ2) is 8.57. The van der Waals surface area contributed by atoms with Crippen LogP contribution in [0.15, 0.2) is 90.5 Å². The van der Waals surface area contributed by atoms with Crippen LogP contribution in [0, 0.1) is 0 Å². The number of ketones is 1. The summed E-state index contributed by atoms with van der Waals surface area (Å²) >= 11 is 1.40. The van der Waals surface area contributed by atoms with Crippen LogP contribution in [-0.2, 0) is 6.54 Å². The molecule has 0 saturated carbocycles. The minimum Gasteiger partial charge on any atom is -0.360 e. The lowest BCUT2D eigenvalue weighted by molar-refractivity contribution is 0.102. The van der Waals surface area contributed by atoms with Crippen molar-refractivity contribution in [1.82, 2.24) is 24.7 Å². The number of para-hydroxylation sites is 1. The predicted molar refractivity (Wildman–Crippen MR) is 122 cm³/mol. The van der Waals surface area contributed by atoms with Gasteiger partial charge in [-0.05, 0) is 23.8 Å². The Labute approximate surface area is 183 Å². The summed E-state index contributed by atoms with van der Waals surface area (Å²) in [6.45, 7) is 0.613. The number of nitrogens with one attached hydrogen (secondary N) is 1. The molecule has 0 unspecified atom stereocenters. The molecule has 0 radical (unpaired) electrons. The summed E-state index contributed by atoms with van der Waals surface area (Å²) in [4.78, 5) is 20.3. The third-order valence-corrected chi connectivity index (χ3v) is 6.01. The SMILES string of the molecule is O=C(CSc1nnc(-c2cccnc2)n1Cc1ccccc1)c1c[nH]c2ccccc12. The smallest absolute Gasteiger partial charge is 0.192 e. The summed E-state index contributed by atoms with van der Waals surface area (Å²) in [6.07, 6.45) is 5.29. The van der Waals surface area contributed by atoms with E-state index < -0.39 is 0 Å². The minimum absolute atomic E-state index is 0.0552. The lowest BCUT2D eigenvalue weighted by Gasteiger charge is -2.10. The molecule has 3 heterocycles. The van der Waals surface area contributed by atoms with E-state index in [4.69, 9.17) is 0 Å². The second-order valence-electron chi connectivity index (χ2n) is 7.08. The summed E-state index contributed by atoms with van der Waals surface area (Å²) in [5.41, 5.74) is 3.68. The Hall–Kier alpha value is -3.71. The molecule has 0 aliphatic rings. The molecule has 0 saturated heterocycles. The number of aromatic amines is 1. The van der Waals surface area contributed by atoms with Crippen LogP contribution >= 0.6 is 11.8 Å². The van der Waals surface area contributed by atoms with E-state index in [1.54, 1.807) is 18.6 Å². The summed E-state index contributed by atoms with van der Waals surface area (Å²) < 4.78 is 2.04. The van der Waals surface area contributed by atoms with Crippen molar-refractivity contribution in [3.8, 4) is 11.4 Å². The van der Waals surface area contributed by atoms with E-state index in [0.29, 0.717) is 17.3 Å². The van der Waals surface area contributed by atoms with Crippen molar-refractivity contribution < 1.29 is 4.79 Å². The Morgan fingerprint density at radius 1 is 0.968 bits per heavy atom. The largest absolute Gasteiger partial charge is 0.360 e. The maximum Gasteiger partial charge on any atom is 0.192 e. The quantitative estimate of drug-likeness (QED) is 0.298. The molecule has 2 aromatic carbocycles.